The summed E-state index contributed by atoms with van der Waals surface area (Å²) < 4.78 is 6.77. The molecule has 2 N–H and O–H groups in total. The van der Waals surface area contributed by atoms with E-state index in [4.69, 9.17) is 17.0 Å². The fraction of sp³-hybridized carbons (Fsp3) is 0.188. The molecule has 2 rings (SSSR count). The fourth-order valence-electron chi connectivity index (χ4n) is 1.72. The van der Waals surface area contributed by atoms with Crippen LogP contribution < -0.4 is 15.4 Å². The Kier molecular flexibility index (Phi) is 6.02. The van der Waals surface area contributed by atoms with Crippen molar-refractivity contribution in [2.75, 3.05) is 11.9 Å². The SMILES string of the molecule is CCNC(=S)Nc1ccc(COc2ccc(Br)cc2)cc1. The quantitative estimate of drug-likeness (QED) is 0.773. The van der Waals surface area contributed by atoms with Gasteiger partial charge in [0.2, 0.25) is 0 Å². The molecule has 0 aliphatic heterocycles. The van der Waals surface area contributed by atoms with E-state index >= 15 is 0 Å². The van der Waals surface area contributed by atoms with Crippen LogP contribution in [0.1, 0.15) is 12.5 Å². The molecule has 0 aromatic heterocycles. The summed E-state index contributed by atoms with van der Waals surface area (Å²) in [6, 6.07) is 15.8. The summed E-state index contributed by atoms with van der Waals surface area (Å²) in [5.74, 6) is 0.855. The summed E-state index contributed by atoms with van der Waals surface area (Å²) in [5.41, 5.74) is 2.08. The standard InChI is InChI=1S/C16H17BrN2OS/c1-2-18-16(21)19-14-7-3-12(4-8-14)11-20-15-9-5-13(17)6-10-15/h3-10H,2,11H2,1H3,(H2,18,19,21). The lowest BCUT2D eigenvalue weighted by molar-refractivity contribution is 0.306. The van der Waals surface area contributed by atoms with E-state index in [0.717, 1.165) is 28.0 Å². The molecule has 110 valence electrons. The normalized spacial score (nSPS) is 10.0. The summed E-state index contributed by atoms with van der Waals surface area (Å²) in [4.78, 5) is 0. The smallest absolute Gasteiger partial charge is 0.170 e. The van der Waals surface area contributed by atoms with Gasteiger partial charge in [-0.25, -0.2) is 0 Å². The van der Waals surface area contributed by atoms with Crippen LogP contribution in [0, 0.1) is 0 Å². The van der Waals surface area contributed by atoms with Gasteiger partial charge in [-0.3, -0.25) is 0 Å². The minimum atomic E-state index is 0.541. The Morgan fingerprint density at radius 2 is 1.76 bits per heavy atom. The number of benzene rings is 2. The second-order valence-corrected chi connectivity index (χ2v) is 5.75. The molecule has 0 bridgehead atoms. The minimum absolute atomic E-state index is 0.541. The first-order valence-corrected chi connectivity index (χ1v) is 7.89. The van der Waals surface area contributed by atoms with Crippen molar-refractivity contribution in [1.29, 1.82) is 0 Å². The number of nitrogens with one attached hydrogen (secondary N) is 2. The third-order valence-corrected chi connectivity index (χ3v) is 3.54. The van der Waals surface area contributed by atoms with Gasteiger partial charge < -0.3 is 15.4 Å². The zero-order valence-electron chi connectivity index (χ0n) is 11.7. The van der Waals surface area contributed by atoms with Crippen LogP contribution in [-0.4, -0.2) is 11.7 Å². The maximum atomic E-state index is 5.73. The van der Waals surface area contributed by atoms with E-state index in [1.165, 1.54) is 0 Å². The van der Waals surface area contributed by atoms with Crippen LogP contribution in [0.15, 0.2) is 53.0 Å². The molecule has 3 nitrogen and oxygen atoms in total. The van der Waals surface area contributed by atoms with Crippen molar-refractivity contribution in [3.8, 4) is 5.75 Å². The molecule has 0 radical (unpaired) electrons. The van der Waals surface area contributed by atoms with Crippen LogP contribution in [0.2, 0.25) is 0 Å². The molecule has 0 unspecified atom stereocenters. The molecule has 21 heavy (non-hydrogen) atoms. The molecule has 0 saturated heterocycles. The van der Waals surface area contributed by atoms with Crippen molar-refractivity contribution < 1.29 is 4.74 Å². The first-order chi connectivity index (χ1) is 10.2. The monoisotopic (exact) mass is 364 g/mol. The van der Waals surface area contributed by atoms with E-state index in [0.29, 0.717) is 11.7 Å². The zero-order valence-corrected chi connectivity index (χ0v) is 14.1. The first-order valence-electron chi connectivity index (χ1n) is 6.69. The lowest BCUT2D eigenvalue weighted by Gasteiger charge is -2.10. The van der Waals surface area contributed by atoms with E-state index in [1.807, 2.05) is 55.5 Å². The van der Waals surface area contributed by atoms with Gasteiger partial charge in [-0.05, 0) is 61.1 Å². The molecule has 0 aliphatic carbocycles. The van der Waals surface area contributed by atoms with Crippen molar-refractivity contribution in [3.63, 3.8) is 0 Å². The molecule has 2 aromatic rings. The van der Waals surface area contributed by atoms with Crippen molar-refractivity contribution in [2.24, 2.45) is 0 Å². The minimum Gasteiger partial charge on any atom is -0.489 e. The molecule has 0 aliphatic rings. The predicted octanol–water partition coefficient (Wildman–Crippen LogP) is 4.33. The highest BCUT2D eigenvalue weighted by molar-refractivity contribution is 9.10. The van der Waals surface area contributed by atoms with Gasteiger partial charge in [0.1, 0.15) is 12.4 Å². The van der Waals surface area contributed by atoms with Crippen molar-refractivity contribution in [2.45, 2.75) is 13.5 Å². The van der Waals surface area contributed by atoms with E-state index in [9.17, 15) is 0 Å². The van der Waals surface area contributed by atoms with Gasteiger partial charge in [0.25, 0.3) is 0 Å². The molecule has 5 heteroatoms. The number of rotatable bonds is 5. The fourth-order valence-corrected chi connectivity index (χ4v) is 2.24. The average Bonchev–Trinajstić information content (AvgIpc) is 2.48. The van der Waals surface area contributed by atoms with E-state index in [2.05, 4.69) is 26.6 Å². The molecule has 0 heterocycles. The summed E-state index contributed by atoms with van der Waals surface area (Å²) >= 11 is 8.54. The topological polar surface area (TPSA) is 33.3 Å². The molecule has 0 amide bonds. The van der Waals surface area contributed by atoms with Gasteiger partial charge in [-0.15, -0.1) is 0 Å². The lowest BCUT2D eigenvalue weighted by atomic mass is 10.2. The molecule has 0 fully saturated rings. The van der Waals surface area contributed by atoms with Crippen LogP contribution >= 0.6 is 28.1 Å². The molecule has 0 spiro atoms. The van der Waals surface area contributed by atoms with E-state index in [1.54, 1.807) is 0 Å². The van der Waals surface area contributed by atoms with Crippen LogP contribution in [-0.2, 0) is 6.61 Å². The first kappa shape index (κ1) is 15.8. The number of anilines is 1. The highest BCUT2D eigenvalue weighted by atomic mass is 79.9. The van der Waals surface area contributed by atoms with Gasteiger partial charge in [-0.1, -0.05) is 28.1 Å². The zero-order chi connectivity index (χ0) is 15.1. The highest BCUT2D eigenvalue weighted by Crippen LogP contribution is 2.18. The largest absolute Gasteiger partial charge is 0.489 e. The van der Waals surface area contributed by atoms with Gasteiger partial charge in [0.05, 0.1) is 0 Å². The van der Waals surface area contributed by atoms with Crippen LogP contribution in [0.25, 0.3) is 0 Å². The van der Waals surface area contributed by atoms with Crippen LogP contribution in [0.4, 0.5) is 5.69 Å². The third-order valence-electron chi connectivity index (χ3n) is 2.77. The van der Waals surface area contributed by atoms with Crippen molar-refractivity contribution in [3.05, 3.63) is 58.6 Å². The molecule has 0 atom stereocenters. The average molecular weight is 365 g/mol. The number of halogens is 1. The van der Waals surface area contributed by atoms with Gasteiger partial charge >= 0.3 is 0 Å². The van der Waals surface area contributed by atoms with Crippen LogP contribution in [0.3, 0.4) is 0 Å². The summed E-state index contributed by atoms with van der Waals surface area (Å²) in [6.07, 6.45) is 0. The third kappa shape index (κ3) is 5.36. The second kappa shape index (κ2) is 8.00. The number of hydrogen-bond donors (Lipinski definition) is 2. The van der Waals surface area contributed by atoms with E-state index < -0.39 is 0 Å². The Bertz CT molecular complexity index is 584. The molecular formula is C16H17BrN2OS. The molecular weight excluding hydrogens is 348 g/mol. The Morgan fingerprint density at radius 3 is 2.38 bits per heavy atom. The number of ether oxygens (including phenoxy) is 1. The summed E-state index contributed by atoms with van der Waals surface area (Å²) in [7, 11) is 0. The Labute approximate surface area is 138 Å². The number of thiocarbonyl (C=S) groups is 1. The van der Waals surface area contributed by atoms with E-state index in [-0.39, 0.29) is 0 Å². The van der Waals surface area contributed by atoms with Gasteiger partial charge in [0.15, 0.2) is 5.11 Å². The lowest BCUT2D eigenvalue weighted by Crippen LogP contribution is -2.27. The van der Waals surface area contributed by atoms with Crippen LogP contribution in [0.5, 0.6) is 5.75 Å². The molecule has 2 aromatic carbocycles. The Balaban J connectivity index is 1.87. The predicted molar refractivity (Wildman–Crippen MR) is 94.8 cm³/mol. The van der Waals surface area contributed by atoms with Gasteiger partial charge in [-0.2, -0.15) is 0 Å². The molecule has 0 saturated carbocycles. The maximum absolute atomic E-state index is 5.73. The Morgan fingerprint density at radius 1 is 1.10 bits per heavy atom. The number of hydrogen-bond acceptors (Lipinski definition) is 2. The van der Waals surface area contributed by atoms with Crippen molar-refractivity contribution in [1.82, 2.24) is 5.32 Å². The summed E-state index contributed by atoms with van der Waals surface area (Å²) in [6.45, 7) is 3.36. The Hall–Kier alpha value is -1.59. The van der Waals surface area contributed by atoms with Crippen molar-refractivity contribution >= 4 is 38.9 Å². The van der Waals surface area contributed by atoms with Gasteiger partial charge in [0, 0.05) is 16.7 Å². The maximum Gasteiger partial charge on any atom is 0.170 e. The summed E-state index contributed by atoms with van der Waals surface area (Å²) in [5, 5.41) is 6.81. The second-order valence-electron chi connectivity index (χ2n) is 4.42. The highest BCUT2D eigenvalue weighted by Gasteiger charge is 1.99.